The van der Waals surface area contributed by atoms with E-state index in [1.165, 1.54) is 4.90 Å². The van der Waals surface area contributed by atoms with Crippen LogP contribution >= 0.6 is 0 Å². The Kier molecular flexibility index (Phi) is 9.77. The molecule has 0 bridgehead atoms. The lowest BCUT2D eigenvalue weighted by Crippen LogP contribution is -2.44. The van der Waals surface area contributed by atoms with Crippen LogP contribution in [0.25, 0.3) is 0 Å². The first kappa shape index (κ1) is 27.4. The summed E-state index contributed by atoms with van der Waals surface area (Å²) in [6.45, 7) is 8.43. The van der Waals surface area contributed by atoms with Crippen molar-refractivity contribution in [3.8, 4) is 11.5 Å². The van der Waals surface area contributed by atoms with Crippen LogP contribution in [0.2, 0.25) is 0 Å². The summed E-state index contributed by atoms with van der Waals surface area (Å²) >= 11 is 0. The van der Waals surface area contributed by atoms with Crippen molar-refractivity contribution in [1.29, 1.82) is 0 Å². The Hall–Kier alpha value is -4.20. The van der Waals surface area contributed by atoms with Gasteiger partial charge in [0.2, 0.25) is 5.91 Å². The molecule has 0 fully saturated rings. The lowest BCUT2D eigenvalue weighted by atomic mass is 10.1. The van der Waals surface area contributed by atoms with Gasteiger partial charge in [-0.3, -0.25) is 4.79 Å². The van der Waals surface area contributed by atoms with E-state index in [2.05, 4.69) is 11.9 Å². The third-order valence-electron chi connectivity index (χ3n) is 5.88. The molecular weight excluding hydrogens is 470 g/mol. The minimum Gasteiger partial charge on any atom is -0.493 e. The van der Waals surface area contributed by atoms with Crippen LogP contribution in [0.3, 0.4) is 0 Å². The summed E-state index contributed by atoms with van der Waals surface area (Å²) in [5.41, 5.74) is 2.74. The predicted octanol–water partition coefficient (Wildman–Crippen LogP) is 5.21. The first-order valence-corrected chi connectivity index (χ1v) is 12.1. The molecule has 37 heavy (non-hydrogen) atoms. The van der Waals surface area contributed by atoms with Gasteiger partial charge in [-0.1, -0.05) is 29.8 Å². The van der Waals surface area contributed by atoms with E-state index in [9.17, 15) is 9.59 Å². The minimum absolute atomic E-state index is 0.102. The van der Waals surface area contributed by atoms with E-state index in [-0.39, 0.29) is 25.0 Å². The smallest absolute Gasteiger partial charge is 0.322 e. The van der Waals surface area contributed by atoms with Gasteiger partial charge in [-0.25, -0.2) is 4.79 Å². The van der Waals surface area contributed by atoms with E-state index < -0.39 is 0 Å². The molecule has 8 nitrogen and oxygen atoms in total. The van der Waals surface area contributed by atoms with Gasteiger partial charge in [0.25, 0.3) is 0 Å². The number of rotatable bonds is 12. The Morgan fingerprint density at radius 1 is 0.973 bits per heavy atom. The summed E-state index contributed by atoms with van der Waals surface area (Å²) in [4.78, 5) is 29.6. The molecule has 0 atom stereocenters. The third-order valence-corrected chi connectivity index (χ3v) is 5.88. The molecule has 3 rings (SSSR count). The van der Waals surface area contributed by atoms with Gasteiger partial charge in [0.15, 0.2) is 11.5 Å². The summed E-state index contributed by atoms with van der Waals surface area (Å²) < 4.78 is 16.5. The standard InChI is InChI=1S/C29H35N3O5/c1-6-16-32(29(34)30-24-11-7-21(2)8-12-24)20-28(33)31(19-25-13-9-22(3)37-25)17-15-23-10-14-26(35-4)27(18-23)36-5/h6-14,18H,1,15-17,19-20H2,2-5H3,(H,30,34). The first-order valence-electron chi connectivity index (χ1n) is 12.1. The molecule has 1 heterocycles. The van der Waals surface area contributed by atoms with Gasteiger partial charge in [-0.15, -0.1) is 6.58 Å². The molecule has 0 aliphatic carbocycles. The van der Waals surface area contributed by atoms with Crippen LogP contribution in [0.5, 0.6) is 11.5 Å². The molecule has 0 saturated heterocycles. The third kappa shape index (κ3) is 7.90. The number of benzene rings is 2. The minimum atomic E-state index is -0.370. The van der Waals surface area contributed by atoms with Crippen LogP contribution in [0.4, 0.5) is 10.5 Å². The summed E-state index contributed by atoms with van der Waals surface area (Å²) in [6.07, 6.45) is 2.19. The lowest BCUT2D eigenvalue weighted by molar-refractivity contribution is -0.132. The number of hydrogen-bond acceptors (Lipinski definition) is 5. The van der Waals surface area contributed by atoms with Gasteiger partial charge in [0, 0.05) is 18.8 Å². The molecule has 196 valence electrons. The van der Waals surface area contributed by atoms with Crippen LogP contribution in [0.1, 0.15) is 22.6 Å². The first-order chi connectivity index (χ1) is 17.8. The Balaban J connectivity index is 1.74. The zero-order chi connectivity index (χ0) is 26.8. The fraction of sp³-hybridized carbons (Fsp3) is 0.310. The van der Waals surface area contributed by atoms with Gasteiger partial charge in [-0.2, -0.15) is 0 Å². The van der Waals surface area contributed by atoms with E-state index in [0.717, 1.165) is 16.9 Å². The summed E-state index contributed by atoms with van der Waals surface area (Å²) in [5, 5.41) is 2.86. The number of urea groups is 1. The van der Waals surface area contributed by atoms with Gasteiger partial charge in [-0.05, 0) is 62.2 Å². The molecule has 2 aromatic carbocycles. The Morgan fingerprint density at radius 2 is 1.70 bits per heavy atom. The number of carbonyl (C=O) groups is 2. The highest BCUT2D eigenvalue weighted by Crippen LogP contribution is 2.28. The molecular formula is C29H35N3O5. The molecule has 3 aromatic rings. The van der Waals surface area contributed by atoms with E-state index in [1.807, 2.05) is 68.4 Å². The normalized spacial score (nSPS) is 10.5. The van der Waals surface area contributed by atoms with Gasteiger partial charge in [0.1, 0.15) is 18.1 Å². The van der Waals surface area contributed by atoms with Crippen molar-refractivity contribution in [3.05, 3.63) is 89.9 Å². The van der Waals surface area contributed by atoms with E-state index in [4.69, 9.17) is 13.9 Å². The fourth-order valence-electron chi connectivity index (χ4n) is 3.83. The van der Waals surface area contributed by atoms with Crippen molar-refractivity contribution in [1.82, 2.24) is 9.80 Å². The average Bonchev–Trinajstić information content (AvgIpc) is 3.31. The van der Waals surface area contributed by atoms with Gasteiger partial charge < -0.3 is 29.0 Å². The monoisotopic (exact) mass is 505 g/mol. The number of furan rings is 1. The van der Waals surface area contributed by atoms with E-state index in [1.54, 1.807) is 25.2 Å². The zero-order valence-corrected chi connectivity index (χ0v) is 22.0. The number of nitrogens with one attached hydrogen (secondary N) is 1. The molecule has 0 unspecified atom stereocenters. The highest BCUT2D eigenvalue weighted by Gasteiger charge is 2.22. The number of amides is 3. The predicted molar refractivity (Wildman–Crippen MR) is 144 cm³/mol. The summed E-state index contributed by atoms with van der Waals surface area (Å²) in [7, 11) is 3.18. The Morgan fingerprint density at radius 3 is 2.32 bits per heavy atom. The van der Waals surface area contributed by atoms with Crippen LogP contribution in [-0.4, -0.2) is 55.6 Å². The number of hydrogen-bond donors (Lipinski definition) is 1. The molecule has 0 radical (unpaired) electrons. The molecule has 1 N–H and O–H groups in total. The van der Waals surface area contributed by atoms with Crippen molar-refractivity contribution in [3.63, 3.8) is 0 Å². The highest BCUT2D eigenvalue weighted by atomic mass is 16.5. The Bertz CT molecular complexity index is 1200. The summed E-state index contributed by atoms with van der Waals surface area (Å²) in [5.74, 6) is 2.52. The molecule has 1 aromatic heterocycles. The van der Waals surface area contributed by atoms with E-state index >= 15 is 0 Å². The summed E-state index contributed by atoms with van der Waals surface area (Å²) in [6, 6.07) is 16.5. The van der Waals surface area contributed by atoms with Crippen molar-refractivity contribution in [2.45, 2.75) is 26.8 Å². The number of aryl methyl sites for hydroxylation is 2. The maximum absolute atomic E-state index is 13.5. The second-order valence-electron chi connectivity index (χ2n) is 8.73. The zero-order valence-electron chi connectivity index (χ0n) is 22.0. The topological polar surface area (TPSA) is 84.2 Å². The molecule has 3 amide bonds. The number of ether oxygens (including phenoxy) is 2. The second-order valence-corrected chi connectivity index (χ2v) is 8.73. The van der Waals surface area contributed by atoms with Gasteiger partial charge in [0.05, 0.1) is 20.8 Å². The van der Waals surface area contributed by atoms with Crippen molar-refractivity contribution < 1.29 is 23.5 Å². The second kappa shape index (κ2) is 13.2. The SMILES string of the molecule is C=CCN(CC(=O)N(CCc1ccc(OC)c(OC)c1)Cc1ccc(C)o1)C(=O)Nc1ccc(C)cc1. The van der Waals surface area contributed by atoms with Crippen LogP contribution in [-0.2, 0) is 17.8 Å². The quantitative estimate of drug-likeness (QED) is 0.342. The van der Waals surface area contributed by atoms with E-state index in [0.29, 0.717) is 42.5 Å². The maximum Gasteiger partial charge on any atom is 0.322 e. The largest absolute Gasteiger partial charge is 0.493 e. The van der Waals surface area contributed by atoms with Crippen molar-refractivity contribution in [2.24, 2.45) is 0 Å². The molecule has 8 heteroatoms. The number of carbonyl (C=O) groups excluding carboxylic acids is 2. The average molecular weight is 506 g/mol. The van der Waals surface area contributed by atoms with Crippen LogP contribution in [0.15, 0.2) is 71.7 Å². The fourth-order valence-corrected chi connectivity index (χ4v) is 3.83. The highest BCUT2D eigenvalue weighted by molar-refractivity contribution is 5.92. The molecule has 0 spiro atoms. The maximum atomic E-state index is 13.5. The molecule has 0 saturated carbocycles. The van der Waals surface area contributed by atoms with Crippen LogP contribution in [0, 0.1) is 13.8 Å². The van der Waals surface area contributed by atoms with Crippen molar-refractivity contribution in [2.75, 3.05) is 39.2 Å². The lowest BCUT2D eigenvalue weighted by Gasteiger charge is -2.27. The van der Waals surface area contributed by atoms with Crippen molar-refractivity contribution >= 4 is 17.6 Å². The molecule has 0 aliphatic heterocycles. The van der Waals surface area contributed by atoms with Crippen LogP contribution < -0.4 is 14.8 Å². The molecule has 0 aliphatic rings. The Labute approximate surface area is 218 Å². The number of methoxy groups -OCH3 is 2. The van der Waals surface area contributed by atoms with Gasteiger partial charge >= 0.3 is 6.03 Å². The number of anilines is 1. The number of nitrogens with zero attached hydrogens (tertiary/aromatic N) is 2.